The first kappa shape index (κ1) is 17.7. The molecule has 1 amide bonds. The van der Waals surface area contributed by atoms with E-state index < -0.39 is 5.91 Å². The Labute approximate surface area is 146 Å². The van der Waals surface area contributed by atoms with E-state index in [0.717, 1.165) is 5.52 Å². The average Bonchev–Trinajstić information content (AvgIpc) is 2.99. The van der Waals surface area contributed by atoms with Crippen LogP contribution in [0.2, 0.25) is 0 Å². The zero-order valence-corrected chi connectivity index (χ0v) is 14.7. The van der Waals surface area contributed by atoms with Crippen LogP contribution in [0.4, 0.5) is 5.69 Å². The summed E-state index contributed by atoms with van der Waals surface area (Å²) in [6.45, 7) is 6.99. The van der Waals surface area contributed by atoms with Crippen molar-refractivity contribution in [1.29, 1.82) is 0 Å². The third-order valence-electron chi connectivity index (χ3n) is 4.45. The fourth-order valence-corrected chi connectivity index (χ4v) is 3.46. The Balaban J connectivity index is 1.75. The second kappa shape index (κ2) is 6.99. The number of carbonyl (C=O) groups excluding carboxylic acids is 1. The normalized spacial score (nSPS) is 23.9. The molecule has 2 aromatic heterocycles. The van der Waals surface area contributed by atoms with Crippen LogP contribution in [0.3, 0.4) is 0 Å². The number of nitrogens with zero attached hydrogens (tertiary/aromatic N) is 3. The van der Waals surface area contributed by atoms with Gasteiger partial charge in [0.05, 0.1) is 29.6 Å². The summed E-state index contributed by atoms with van der Waals surface area (Å²) in [5, 5.41) is 18.2. The number of nitrogens with two attached hydrogens (primary N) is 1. The van der Waals surface area contributed by atoms with Crippen molar-refractivity contribution in [2.75, 3.05) is 38.1 Å². The van der Waals surface area contributed by atoms with Crippen molar-refractivity contribution >= 4 is 17.1 Å². The fraction of sp³-hybridized carbons (Fsp3) is 0.529. The lowest BCUT2D eigenvalue weighted by atomic mass is 10.1. The molecule has 2 unspecified atom stereocenters. The minimum atomic E-state index is -0.532. The van der Waals surface area contributed by atoms with Crippen LogP contribution < -0.4 is 11.1 Å². The predicted molar refractivity (Wildman–Crippen MR) is 93.4 cm³/mol. The van der Waals surface area contributed by atoms with Crippen LogP contribution in [0.15, 0.2) is 24.5 Å². The summed E-state index contributed by atoms with van der Waals surface area (Å²) >= 11 is 0. The molecule has 2 atom stereocenters. The molecular formula is C17H26N5O3+. The lowest BCUT2D eigenvalue weighted by Gasteiger charge is -2.38. The van der Waals surface area contributed by atoms with Gasteiger partial charge in [-0.1, -0.05) is 13.8 Å². The SMILES string of the molecule is CC(C)C[N+]1(O)CCOC(CNc2c(C(N)=O)cnn3cccc23)C1. The summed E-state index contributed by atoms with van der Waals surface area (Å²) in [5.41, 5.74) is 7.24. The van der Waals surface area contributed by atoms with Gasteiger partial charge in [-0.25, -0.2) is 9.72 Å². The molecule has 8 nitrogen and oxygen atoms in total. The van der Waals surface area contributed by atoms with Gasteiger partial charge in [-0.3, -0.25) is 4.79 Å². The summed E-state index contributed by atoms with van der Waals surface area (Å²) in [6, 6.07) is 3.72. The summed E-state index contributed by atoms with van der Waals surface area (Å²) in [4.78, 5) is 11.7. The van der Waals surface area contributed by atoms with Crippen molar-refractivity contribution in [2.45, 2.75) is 20.0 Å². The molecule has 136 valence electrons. The van der Waals surface area contributed by atoms with Gasteiger partial charge in [0.25, 0.3) is 5.91 Å². The fourth-order valence-electron chi connectivity index (χ4n) is 3.46. The third-order valence-corrected chi connectivity index (χ3v) is 4.45. The highest BCUT2D eigenvalue weighted by atomic mass is 16.6. The van der Waals surface area contributed by atoms with Crippen LogP contribution in [0.5, 0.6) is 0 Å². The van der Waals surface area contributed by atoms with Crippen LogP contribution in [-0.2, 0) is 4.74 Å². The van der Waals surface area contributed by atoms with E-state index in [4.69, 9.17) is 10.5 Å². The predicted octanol–water partition coefficient (Wildman–Crippen LogP) is 1.11. The van der Waals surface area contributed by atoms with Gasteiger partial charge in [-0.05, 0) is 12.1 Å². The maximum Gasteiger partial charge on any atom is 0.252 e. The van der Waals surface area contributed by atoms with Crippen LogP contribution in [0.25, 0.3) is 5.52 Å². The van der Waals surface area contributed by atoms with E-state index in [1.165, 1.54) is 6.20 Å². The molecule has 1 aliphatic heterocycles. The van der Waals surface area contributed by atoms with Gasteiger partial charge in [-0.2, -0.15) is 9.75 Å². The third kappa shape index (κ3) is 3.92. The summed E-state index contributed by atoms with van der Waals surface area (Å²) in [5.74, 6) is -0.130. The van der Waals surface area contributed by atoms with Crippen molar-refractivity contribution in [3.8, 4) is 0 Å². The molecule has 0 aliphatic carbocycles. The lowest BCUT2D eigenvalue weighted by Crippen LogP contribution is -2.58. The van der Waals surface area contributed by atoms with Crippen molar-refractivity contribution in [3.63, 3.8) is 0 Å². The molecule has 0 saturated carbocycles. The Morgan fingerprint density at radius 3 is 3.12 bits per heavy atom. The molecule has 1 fully saturated rings. The van der Waals surface area contributed by atoms with Crippen LogP contribution in [0.1, 0.15) is 24.2 Å². The summed E-state index contributed by atoms with van der Waals surface area (Å²) in [6.07, 6.45) is 3.12. The van der Waals surface area contributed by atoms with Crippen LogP contribution >= 0.6 is 0 Å². The molecule has 0 aromatic carbocycles. The molecule has 1 saturated heterocycles. The molecular weight excluding hydrogens is 322 g/mol. The smallest absolute Gasteiger partial charge is 0.252 e. The number of aromatic nitrogens is 2. The van der Waals surface area contributed by atoms with E-state index in [0.29, 0.717) is 50.0 Å². The van der Waals surface area contributed by atoms with E-state index >= 15 is 0 Å². The standard InChI is InChI=1S/C17H25N5O3/c1-12(2)10-22(24)6-7-25-13(11-22)8-19-16-14(17(18)23)9-20-21-5-3-4-15(16)21/h3-5,9,12-13,24H,6-8,10-11H2,1-2H3,(H2-,18,19,20,23)/p+1. The van der Waals surface area contributed by atoms with Crippen molar-refractivity contribution < 1.29 is 19.4 Å². The average molecular weight is 348 g/mol. The molecule has 1 aliphatic rings. The highest BCUT2D eigenvalue weighted by Crippen LogP contribution is 2.22. The molecule has 0 bridgehead atoms. The lowest BCUT2D eigenvalue weighted by molar-refractivity contribution is -1.11. The number of rotatable bonds is 6. The minimum absolute atomic E-state index is 0.0174. The zero-order chi connectivity index (χ0) is 18.0. The van der Waals surface area contributed by atoms with Gasteiger partial charge in [0.2, 0.25) is 0 Å². The number of hydrogen-bond acceptors (Lipinski definition) is 5. The van der Waals surface area contributed by atoms with Gasteiger partial charge in [0, 0.05) is 18.7 Å². The van der Waals surface area contributed by atoms with E-state index in [1.54, 1.807) is 10.7 Å². The number of ether oxygens (including phenoxy) is 1. The van der Waals surface area contributed by atoms with Crippen LogP contribution in [-0.4, -0.2) is 64.3 Å². The maximum atomic E-state index is 11.7. The largest absolute Gasteiger partial charge is 0.380 e. The Hall–Kier alpha value is -2.16. The Kier molecular flexibility index (Phi) is 4.94. The first-order valence-corrected chi connectivity index (χ1v) is 8.58. The second-order valence-electron chi connectivity index (χ2n) is 7.09. The number of hydroxylamine groups is 3. The van der Waals surface area contributed by atoms with Gasteiger partial charge in [0.15, 0.2) is 0 Å². The summed E-state index contributed by atoms with van der Waals surface area (Å²) in [7, 11) is 0. The molecule has 3 rings (SSSR count). The topological polar surface area (TPSA) is 102 Å². The van der Waals surface area contributed by atoms with E-state index in [-0.39, 0.29) is 10.8 Å². The number of carbonyl (C=O) groups is 1. The first-order valence-electron chi connectivity index (χ1n) is 8.58. The number of nitrogens with one attached hydrogen (secondary N) is 1. The van der Waals surface area contributed by atoms with E-state index in [1.807, 2.05) is 12.1 Å². The number of morpholine rings is 1. The highest BCUT2D eigenvalue weighted by Gasteiger charge is 2.35. The van der Waals surface area contributed by atoms with E-state index in [2.05, 4.69) is 24.3 Å². The molecule has 4 N–H and O–H groups in total. The maximum absolute atomic E-state index is 11.7. The first-order chi connectivity index (χ1) is 11.9. The number of amides is 1. The number of primary amides is 1. The highest BCUT2D eigenvalue weighted by molar-refractivity contribution is 6.01. The number of anilines is 1. The van der Waals surface area contributed by atoms with Crippen LogP contribution in [0, 0.1) is 5.92 Å². The van der Waals surface area contributed by atoms with Gasteiger partial charge >= 0.3 is 0 Å². The molecule has 0 spiro atoms. The van der Waals surface area contributed by atoms with Crippen molar-refractivity contribution in [1.82, 2.24) is 9.61 Å². The number of quaternary nitrogens is 1. The Morgan fingerprint density at radius 2 is 2.40 bits per heavy atom. The Bertz CT molecular complexity index is 760. The quantitative estimate of drug-likeness (QED) is 0.679. The molecule has 25 heavy (non-hydrogen) atoms. The van der Waals surface area contributed by atoms with Gasteiger partial charge in [0.1, 0.15) is 25.7 Å². The number of hydrogen-bond donors (Lipinski definition) is 3. The minimum Gasteiger partial charge on any atom is -0.380 e. The van der Waals surface area contributed by atoms with Crippen molar-refractivity contribution in [2.24, 2.45) is 11.7 Å². The molecule has 0 radical (unpaired) electrons. The van der Waals surface area contributed by atoms with Gasteiger partial charge < -0.3 is 15.8 Å². The second-order valence-corrected chi connectivity index (χ2v) is 7.09. The number of fused-ring (bicyclic) bond motifs is 1. The molecule has 3 heterocycles. The molecule has 2 aromatic rings. The monoisotopic (exact) mass is 348 g/mol. The Morgan fingerprint density at radius 1 is 1.60 bits per heavy atom. The summed E-state index contributed by atoms with van der Waals surface area (Å²) < 4.78 is 7.49. The molecule has 8 heteroatoms. The van der Waals surface area contributed by atoms with Gasteiger partial charge in [-0.15, -0.1) is 0 Å². The zero-order valence-electron chi connectivity index (χ0n) is 14.7. The van der Waals surface area contributed by atoms with E-state index in [9.17, 15) is 10.0 Å². The van der Waals surface area contributed by atoms with Crippen molar-refractivity contribution in [3.05, 3.63) is 30.1 Å².